The second-order valence-electron chi connectivity index (χ2n) is 5.69. The number of hydrogen-bond donors (Lipinski definition) is 2. The number of ether oxygens (including phenoxy) is 2. The lowest BCUT2D eigenvalue weighted by molar-refractivity contribution is -0.120. The third-order valence-corrected chi connectivity index (χ3v) is 3.91. The highest BCUT2D eigenvalue weighted by atomic mass is 16.5. The van der Waals surface area contributed by atoms with Crippen molar-refractivity contribution in [1.29, 1.82) is 0 Å². The van der Waals surface area contributed by atoms with Crippen molar-refractivity contribution in [3.05, 3.63) is 59.7 Å². The minimum atomic E-state index is 0.0513. The first kappa shape index (κ1) is 18.8. The van der Waals surface area contributed by atoms with Gasteiger partial charge in [0.05, 0.1) is 14.2 Å². The highest BCUT2D eigenvalue weighted by Gasteiger charge is 2.03. The Morgan fingerprint density at radius 3 is 2.64 bits per heavy atom. The Hall–Kier alpha value is -2.53. The van der Waals surface area contributed by atoms with Crippen molar-refractivity contribution >= 4 is 5.91 Å². The fourth-order valence-electron chi connectivity index (χ4n) is 2.54. The third kappa shape index (κ3) is 6.47. The van der Waals surface area contributed by atoms with Gasteiger partial charge in [-0.05, 0) is 30.2 Å². The molecule has 2 aromatic carbocycles. The summed E-state index contributed by atoms with van der Waals surface area (Å²) in [7, 11) is 3.31. The molecule has 0 unspecified atom stereocenters. The number of methoxy groups -OCH3 is 2. The van der Waals surface area contributed by atoms with Crippen LogP contribution in [-0.4, -0.2) is 33.2 Å². The predicted molar refractivity (Wildman–Crippen MR) is 99.0 cm³/mol. The van der Waals surface area contributed by atoms with Gasteiger partial charge < -0.3 is 20.1 Å². The molecule has 25 heavy (non-hydrogen) atoms. The first-order valence-corrected chi connectivity index (χ1v) is 8.45. The van der Waals surface area contributed by atoms with Crippen LogP contribution in [0.5, 0.6) is 11.5 Å². The average molecular weight is 342 g/mol. The van der Waals surface area contributed by atoms with Crippen LogP contribution < -0.4 is 20.1 Å². The van der Waals surface area contributed by atoms with E-state index >= 15 is 0 Å². The Morgan fingerprint density at radius 1 is 1.00 bits per heavy atom. The Labute approximate surface area is 149 Å². The van der Waals surface area contributed by atoms with E-state index in [4.69, 9.17) is 9.47 Å². The Morgan fingerprint density at radius 2 is 1.84 bits per heavy atom. The van der Waals surface area contributed by atoms with Gasteiger partial charge in [0, 0.05) is 31.6 Å². The molecule has 0 spiro atoms. The van der Waals surface area contributed by atoms with E-state index in [1.807, 2.05) is 48.5 Å². The maximum Gasteiger partial charge on any atom is 0.221 e. The molecule has 0 saturated heterocycles. The van der Waals surface area contributed by atoms with E-state index in [1.54, 1.807) is 14.2 Å². The van der Waals surface area contributed by atoms with Gasteiger partial charge >= 0.3 is 0 Å². The van der Waals surface area contributed by atoms with Crippen molar-refractivity contribution in [3.63, 3.8) is 0 Å². The van der Waals surface area contributed by atoms with Gasteiger partial charge in [-0.3, -0.25) is 4.79 Å². The van der Waals surface area contributed by atoms with Crippen LogP contribution in [0.25, 0.3) is 0 Å². The predicted octanol–water partition coefficient (Wildman–Crippen LogP) is 2.54. The fourth-order valence-corrected chi connectivity index (χ4v) is 2.54. The van der Waals surface area contributed by atoms with Crippen LogP contribution in [0, 0.1) is 0 Å². The second kappa shape index (κ2) is 10.4. The molecule has 0 aliphatic heterocycles. The van der Waals surface area contributed by atoms with Crippen molar-refractivity contribution in [3.8, 4) is 11.5 Å². The van der Waals surface area contributed by atoms with E-state index in [-0.39, 0.29) is 5.91 Å². The van der Waals surface area contributed by atoms with Crippen molar-refractivity contribution in [2.24, 2.45) is 0 Å². The molecule has 0 fully saturated rings. The standard InChI is InChI=1S/C20H26N2O3/c1-24-18-8-5-6-16(14-18)10-13-22-20(23)11-12-21-15-17-7-3-4-9-19(17)25-2/h3-9,14,21H,10-13,15H2,1-2H3,(H,22,23). The largest absolute Gasteiger partial charge is 0.497 e. The van der Waals surface area contributed by atoms with Crippen molar-refractivity contribution in [1.82, 2.24) is 10.6 Å². The molecule has 134 valence electrons. The van der Waals surface area contributed by atoms with Crippen LogP contribution in [0.3, 0.4) is 0 Å². The molecule has 5 heteroatoms. The molecule has 5 nitrogen and oxygen atoms in total. The SMILES string of the molecule is COc1cccc(CCNC(=O)CCNCc2ccccc2OC)c1. The van der Waals surface area contributed by atoms with E-state index < -0.39 is 0 Å². The van der Waals surface area contributed by atoms with E-state index in [2.05, 4.69) is 10.6 Å². The molecule has 0 aliphatic carbocycles. The van der Waals surface area contributed by atoms with Crippen LogP contribution in [0.15, 0.2) is 48.5 Å². The average Bonchev–Trinajstić information content (AvgIpc) is 2.65. The molecule has 2 rings (SSSR count). The fraction of sp³-hybridized carbons (Fsp3) is 0.350. The van der Waals surface area contributed by atoms with Gasteiger partial charge in [0.2, 0.25) is 5.91 Å². The molecule has 0 aromatic heterocycles. The zero-order valence-electron chi connectivity index (χ0n) is 14.9. The van der Waals surface area contributed by atoms with Gasteiger partial charge in [0.15, 0.2) is 0 Å². The third-order valence-electron chi connectivity index (χ3n) is 3.91. The quantitative estimate of drug-likeness (QED) is 0.652. The van der Waals surface area contributed by atoms with E-state index in [9.17, 15) is 4.79 Å². The number of rotatable bonds is 10. The zero-order valence-corrected chi connectivity index (χ0v) is 14.9. The molecule has 2 aromatic rings. The Kier molecular flexibility index (Phi) is 7.79. The summed E-state index contributed by atoms with van der Waals surface area (Å²) in [5.41, 5.74) is 2.23. The van der Waals surface area contributed by atoms with Crippen molar-refractivity contribution in [2.45, 2.75) is 19.4 Å². The Bertz CT molecular complexity index is 673. The molecule has 0 aliphatic rings. The molecule has 0 atom stereocenters. The van der Waals surface area contributed by atoms with Crippen LogP contribution in [-0.2, 0) is 17.8 Å². The molecule has 0 saturated carbocycles. The number of hydrogen-bond acceptors (Lipinski definition) is 4. The maximum atomic E-state index is 11.9. The van der Waals surface area contributed by atoms with Crippen LogP contribution in [0.1, 0.15) is 17.5 Å². The molecular formula is C20H26N2O3. The summed E-state index contributed by atoms with van der Waals surface area (Å²) in [6.45, 7) is 1.93. The second-order valence-corrected chi connectivity index (χ2v) is 5.69. The summed E-state index contributed by atoms with van der Waals surface area (Å²) in [5.74, 6) is 1.75. The lowest BCUT2D eigenvalue weighted by Gasteiger charge is -2.10. The van der Waals surface area contributed by atoms with Gasteiger partial charge in [0.25, 0.3) is 0 Å². The van der Waals surface area contributed by atoms with Gasteiger partial charge in [-0.2, -0.15) is 0 Å². The van der Waals surface area contributed by atoms with Crippen LogP contribution in [0.2, 0.25) is 0 Å². The monoisotopic (exact) mass is 342 g/mol. The van der Waals surface area contributed by atoms with E-state index in [0.717, 1.165) is 29.0 Å². The van der Waals surface area contributed by atoms with Crippen LogP contribution >= 0.6 is 0 Å². The van der Waals surface area contributed by atoms with Gasteiger partial charge in [0.1, 0.15) is 11.5 Å². The van der Waals surface area contributed by atoms with E-state index in [1.165, 1.54) is 0 Å². The van der Waals surface area contributed by atoms with Gasteiger partial charge in [-0.1, -0.05) is 30.3 Å². The lowest BCUT2D eigenvalue weighted by atomic mass is 10.1. The molecule has 1 amide bonds. The minimum Gasteiger partial charge on any atom is -0.497 e. The molecule has 2 N–H and O–H groups in total. The smallest absolute Gasteiger partial charge is 0.221 e. The Balaban J connectivity index is 1.62. The molecule has 0 heterocycles. The van der Waals surface area contributed by atoms with Crippen molar-refractivity contribution < 1.29 is 14.3 Å². The molecular weight excluding hydrogens is 316 g/mol. The molecule has 0 radical (unpaired) electrons. The summed E-state index contributed by atoms with van der Waals surface area (Å²) in [6, 6.07) is 15.8. The van der Waals surface area contributed by atoms with Crippen LogP contribution in [0.4, 0.5) is 0 Å². The summed E-state index contributed by atoms with van der Waals surface area (Å²) in [6.07, 6.45) is 1.24. The molecule has 0 bridgehead atoms. The highest BCUT2D eigenvalue weighted by molar-refractivity contribution is 5.76. The van der Waals surface area contributed by atoms with Gasteiger partial charge in [-0.25, -0.2) is 0 Å². The number of benzene rings is 2. The topological polar surface area (TPSA) is 59.6 Å². The number of para-hydroxylation sites is 1. The summed E-state index contributed by atoms with van der Waals surface area (Å²) in [5, 5.41) is 6.22. The number of carbonyl (C=O) groups excluding carboxylic acids is 1. The summed E-state index contributed by atoms with van der Waals surface area (Å²) >= 11 is 0. The highest BCUT2D eigenvalue weighted by Crippen LogP contribution is 2.16. The van der Waals surface area contributed by atoms with Crippen molar-refractivity contribution in [2.75, 3.05) is 27.3 Å². The normalized spacial score (nSPS) is 10.3. The first-order chi connectivity index (χ1) is 12.2. The number of carbonyl (C=O) groups is 1. The lowest BCUT2D eigenvalue weighted by Crippen LogP contribution is -2.29. The van der Waals surface area contributed by atoms with E-state index in [0.29, 0.717) is 26.1 Å². The summed E-state index contributed by atoms with van der Waals surface area (Å²) in [4.78, 5) is 11.9. The van der Waals surface area contributed by atoms with Gasteiger partial charge in [-0.15, -0.1) is 0 Å². The maximum absolute atomic E-state index is 11.9. The number of amides is 1. The first-order valence-electron chi connectivity index (χ1n) is 8.45. The minimum absolute atomic E-state index is 0.0513. The summed E-state index contributed by atoms with van der Waals surface area (Å²) < 4.78 is 10.5. The number of nitrogens with one attached hydrogen (secondary N) is 2. The zero-order chi connectivity index (χ0) is 17.9.